The summed E-state index contributed by atoms with van der Waals surface area (Å²) in [5.41, 5.74) is 1.73. The largest absolute Gasteiger partial charge is 0.383 e. The first-order valence-electron chi connectivity index (χ1n) is 6.55. The van der Waals surface area contributed by atoms with Gasteiger partial charge in [0.1, 0.15) is 0 Å². The van der Waals surface area contributed by atoms with Crippen molar-refractivity contribution in [3.05, 3.63) is 28.2 Å². The summed E-state index contributed by atoms with van der Waals surface area (Å²) in [5.74, 6) is -0.491. The normalized spacial score (nSPS) is 10.2. The minimum atomic E-state index is -0.262. The minimum absolute atomic E-state index is 0.0557. The summed E-state index contributed by atoms with van der Waals surface area (Å²) in [4.78, 5) is 23.2. The molecule has 1 aromatic carbocycles. The van der Waals surface area contributed by atoms with E-state index in [2.05, 4.69) is 31.9 Å². The molecule has 7 heteroatoms. The van der Waals surface area contributed by atoms with Gasteiger partial charge in [-0.3, -0.25) is 9.59 Å². The first kappa shape index (κ1) is 17.6. The van der Waals surface area contributed by atoms with Crippen LogP contribution in [0.3, 0.4) is 0 Å². The number of aryl methyl sites for hydroxylation is 1. The number of carbonyl (C=O) groups excluding carboxylic acids is 2. The topological polar surface area (TPSA) is 79.5 Å². The number of ether oxygens (including phenoxy) is 1. The van der Waals surface area contributed by atoms with E-state index in [0.29, 0.717) is 18.8 Å². The summed E-state index contributed by atoms with van der Waals surface area (Å²) < 4.78 is 5.83. The Hall–Kier alpha value is -1.44. The van der Waals surface area contributed by atoms with Gasteiger partial charge in [-0.15, -0.1) is 0 Å². The highest BCUT2D eigenvalue weighted by Gasteiger charge is 2.06. The molecule has 6 nitrogen and oxygen atoms in total. The Morgan fingerprint density at radius 2 is 2.00 bits per heavy atom. The van der Waals surface area contributed by atoms with Crippen molar-refractivity contribution in [3.8, 4) is 0 Å². The SMILES string of the molecule is COCCNCC(=O)NCC(=O)Nc1ccc(Br)c(C)c1. The molecule has 0 unspecified atom stereocenters. The van der Waals surface area contributed by atoms with Crippen molar-refractivity contribution in [2.75, 3.05) is 38.7 Å². The number of halogens is 1. The van der Waals surface area contributed by atoms with E-state index in [-0.39, 0.29) is 24.9 Å². The van der Waals surface area contributed by atoms with Gasteiger partial charge in [-0.1, -0.05) is 15.9 Å². The average molecular weight is 358 g/mol. The monoisotopic (exact) mass is 357 g/mol. The van der Waals surface area contributed by atoms with Gasteiger partial charge in [0.15, 0.2) is 0 Å². The maximum atomic E-state index is 11.7. The first-order chi connectivity index (χ1) is 10.0. The second-order valence-electron chi connectivity index (χ2n) is 4.46. The Labute approximate surface area is 132 Å². The third kappa shape index (κ3) is 7.22. The highest BCUT2D eigenvalue weighted by atomic mass is 79.9. The van der Waals surface area contributed by atoms with E-state index in [9.17, 15) is 9.59 Å². The van der Waals surface area contributed by atoms with E-state index >= 15 is 0 Å². The molecular formula is C14H20BrN3O3. The van der Waals surface area contributed by atoms with Crippen molar-refractivity contribution < 1.29 is 14.3 Å². The minimum Gasteiger partial charge on any atom is -0.383 e. The Morgan fingerprint density at radius 1 is 1.24 bits per heavy atom. The van der Waals surface area contributed by atoms with Crippen LogP contribution < -0.4 is 16.0 Å². The molecule has 0 radical (unpaired) electrons. The van der Waals surface area contributed by atoms with Crippen molar-refractivity contribution in [1.82, 2.24) is 10.6 Å². The van der Waals surface area contributed by atoms with Crippen LogP contribution >= 0.6 is 15.9 Å². The molecule has 21 heavy (non-hydrogen) atoms. The number of carbonyl (C=O) groups is 2. The predicted molar refractivity (Wildman–Crippen MR) is 85.3 cm³/mol. The molecule has 0 aromatic heterocycles. The highest BCUT2D eigenvalue weighted by molar-refractivity contribution is 9.10. The first-order valence-corrected chi connectivity index (χ1v) is 7.34. The van der Waals surface area contributed by atoms with Gasteiger partial charge in [-0.2, -0.15) is 0 Å². The maximum Gasteiger partial charge on any atom is 0.243 e. The Morgan fingerprint density at radius 3 is 2.67 bits per heavy atom. The Balaban J connectivity index is 2.27. The lowest BCUT2D eigenvalue weighted by atomic mass is 10.2. The molecule has 1 rings (SSSR count). The maximum absolute atomic E-state index is 11.7. The van der Waals surface area contributed by atoms with E-state index < -0.39 is 0 Å². The third-order valence-corrected chi connectivity index (χ3v) is 3.55. The number of hydrogen-bond donors (Lipinski definition) is 3. The standard InChI is InChI=1S/C14H20BrN3O3/c1-10-7-11(3-4-12(10)15)18-14(20)9-17-13(19)8-16-5-6-21-2/h3-4,7,16H,5-6,8-9H2,1-2H3,(H,17,19)(H,18,20). The highest BCUT2D eigenvalue weighted by Crippen LogP contribution is 2.19. The number of methoxy groups -OCH3 is 1. The molecule has 0 aliphatic carbocycles. The Bertz CT molecular complexity index is 494. The predicted octanol–water partition coefficient (Wildman–Crippen LogP) is 1.05. The van der Waals surface area contributed by atoms with Gasteiger partial charge in [0.05, 0.1) is 19.7 Å². The summed E-state index contributed by atoms with van der Waals surface area (Å²) in [6.45, 7) is 3.17. The molecule has 0 spiro atoms. The second kappa shape index (κ2) is 9.49. The summed E-state index contributed by atoms with van der Waals surface area (Å²) >= 11 is 3.39. The number of anilines is 1. The van der Waals surface area contributed by atoms with Crippen LogP contribution in [0, 0.1) is 6.92 Å². The van der Waals surface area contributed by atoms with Gasteiger partial charge in [0, 0.05) is 23.8 Å². The smallest absolute Gasteiger partial charge is 0.243 e. The van der Waals surface area contributed by atoms with Crippen LogP contribution in [0.5, 0.6) is 0 Å². The molecule has 116 valence electrons. The van der Waals surface area contributed by atoms with Crippen molar-refractivity contribution in [3.63, 3.8) is 0 Å². The van der Waals surface area contributed by atoms with Crippen LogP contribution in [0.25, 0.3) is 0 Å². The lowest BCUT2D eigenvalue weighted by Crippen LogP contribution is -2.39. The van der Waals surface area contributed by atoms with Crippen LogP contribution in [0.2, 0.25) is 0 Å². The molecule has 0 aliphatic rings. The molecule has 2 amide bonds. The molecule has 0 heterocycles. The zero-order valence-corrected chi connectivity index (χ0v) is 13.7. The van der Waals surface area contributed by atoms with Crippen molar-refractivity contribution in [1.29, 1.82) is 0 Å². The quantitative estimate of drug-likeness (QED) is 0.607. The zero-order chi connectivity index (χ0) is 15.7. The molecule has 0 bridgehead atoms. The van der Waals surface area contributed by atoms with E-state index in [1.54, 1.807) is 13.2 Å². The van der Waals surface area contributed by atoms with Gasteiger partial charge in [0.25, 0.3) is 0 Å². The fourth-order valence-corrected chi connectivity index (χ4v) is 1.79. The van der Waals surface area contributed by atoms with Crippen LogP contribution in [-0.4, -0.2) is 45.2 Å². The molecule has 3 N–H and O–H groups in total. The van der Waals surface area contributed by atoms with Gasteiger partial charge >= 0.3 is 0 Å². The lowest BCUT2D eigenvalue weighted by Gasteiger charge is -2.09. The lowest BCUT2D eigenvalue weighted by molar-refractivity contribution is -0.123. The molecular weight excluding hydrogens is 338 g/mol. The second-order valence-corrected chi connectivity index (χ2v) is 5.31. The Kier molecular flexibility index (Phi) is 7.96. The molecule has 0 saturated carbocycles. The van der Waals surface area contributed by atoms with E-state index in [4.69, 9.17) is 4.74 Å². The van der Waals surface area contributed by atoms with E-state index in [1.165, 1.54) is 0 Å². The molecule has 0 aliphatic heterocycles. The number of nitrogens with one attached hydrogen (secondary N) is 3. The van der Waals surface area contributed by atoms with Crippen molar-refractivity contribution in [2.24, 2.45) is 0 Å². The molecule has 0 saturated heterocycles. The molecule has 0 atom stereocenters. The third-order valence-electron chi connectivity index (χ3n) is 2.66. The van der Waals surface area contributed by atoms with Gasteiger partial charge in [-0.05, 0) is 30.7 Å². The number of rotatable bonds is 8. The van der Waals surface area contributed by atoms with Gasteiger partial charge < -0.3 is 20.7 Å². The molecule has 1 aromatic rings. The van der Waals surface area contributed by atoms with Crippen LogP contribution in [0.15, 0.2) is 22.7 Å². The van der Waals surface area contributed by atoms with E-state index in [0.717, 1.165) is 10.0 Å². The zero-order valence-electron chi connectivity index (χ0n) is 12.2. The fourth-order valence-electron chi connectivity index (χ4n) is 1.55. The van der Waals surface area contributed by atoms with Gasteiger partial charge in [-0.25, -0.2) is 0 Å². The fraction of sp³-hybridized carbons (Fsp3) is 0.429. The van der Waals surface area contributed by atoms with E-state index in [1.807, 2.05) is 19.1 Å². The average Bonchev–Trinajstić information content (AvgIpc) is 2.45. The van der Waals surface area contributed by atoms with Crippen LogP contribution in [0.4, 0.5) is 5.69 Å². The van der Waals surface area contributed by atoms with Crippen molar-refractivity contribution in [2.45, 2.75) is 6.92 Å². The summed E-state index contributed by atoms with van der Waals surface area (Å²) in [5, 5.41) is 8.17. The number of amides is 2. The van der Waals surface area contributed by atoms with Crippen LogP contribution in [-0.2, 0) is 14.3 Å². The van der Waals surface area contributed by atoms with Crippen molar-refractivity contribution >= 4 is 33.4 Å². The van der Waals surface area contributed by atoms with Gasteiger partial charge in [0.2, 0.25) is 11.8 Å². The molecule has 0 fully saturated rings. The van der Waals surface area contributed by atoms with Crippen LogP contribution in [0.1, 0.15) is 5.56 Å². The summed E-state index contributed by atoms with van der Waals surface area (Å²) in [7, 11) is 1.59. The number of benzene rings is 1. The summed E-state index contributed by atoms with van der Waals surface area (Å²) in [6.07, 6.45) is 0. The number of hydrogen-bond acceptors (Lipinski definition) is 4. The summed E-state index contributed by atoms with van der Waals surface area (Å²) in [6, 6.07) is 5.52.